The average molecular weight is 281 g/mol. The second-order valence-electron chi connectivity index (χ2n) is 7.58. The highest BCUT2D eigenvalue weighted by Gasteiger charge is 2.32. The first-order valence-corrected chi connectivity index (χ1v) is 7.39. The Bertz CT molecular complexity index is 448. The summed E-state index contributed by atoms with van der Waals surface area (Å²) in [5.41, 5.74) is 5.71. The lowest BCUT2D eigenvalue weighted by molar-refractivity contribution is -0.0394. The van der Waals surface area contributed by atoms with E-state index in [0.29, 0.717) is 29.7 Å². The molecular formula is C15H27N3O2. The monoisotopic (exact) mass is 281 g/mol. The summed E-state index contributed by atoms with van der Waals surface area (Å²) in [6, 6.07) is 0. The van der Waals surface area contributed by atoms with Crippen molar-refractivity contribution in [1.82, 2.24) is 10.1 Å². The summed E-state index contributed by atoms with van der Waals surface area (Å²) < 4.78 is 11.2. The summed E-state index contributed by atoms with van der Waals surface area (Å²) >= 11 is 0. The molecule has 0 bridgehead atoms. The number of nitrogens with two attached hydrogens (primary N) is 1. The van der Waals surface area contributed by atoms with Crippen molar-refractivity contribution < 1.29 is 9.26 Å². The molecular weight excluding hydrogens is 254 g/mol. The van der Waals surface area contributed by atoms with Gasteiger partial charge in [-0.05, 0) is 44.4 Å². The van der Waals surface area contributed by atoms with E-state index < -0.39 is 5.54 Å². The van der Waals surface area contributed by atoms with Crippen LogP contribution in [0.25, 0.3) is 0 Å². The molecule has 1 aliphatic carbocycles. The fourth-order valence-corrected chi connectivity index (χ4v) is 3.15. The normalized spacial score (nSPS) is 26.7. The van der Waals surface area contributed by atoms with Crippen LogP contribution in [0.5, 0.6) is 0 Å². The van der Waals surface area contributed by atoms with Crippen molar-refractivity contribution in [2.75, 3.05) is 0 Å². The number of ether oxygens (including phenoxy) is 1. The Labute approximate surface area is 121 Å². The molecule has 2 unspecified atom stereocenters. The van der Waals surface area contributed by atoms with Gasteiger partial charge in [-0.2, -0.15) is 4.98 Å². The van der Waals surface area contributed by atoms with Crippen molar-refractivity contribution >= 4 is 0 Å². The third-order valence-electron chi connectivity index (χ3n) is 3.83. The van der Waals surface area contributed by atoms with Gasteiger partial charge in [0.2, 0.25) is 0 Å². The Kier molecular flexibility index (Phi) is 4.21. The van der Waals surface area contributed by atoms with Crippen LogP contribution in [0, 0.1) is 11.3 Å². The van der Waals surface area contributed by atoms with Gasteiger partial charge in [0.15, 0.2) is 5.82 Å². The zero-order valence-corrected chi connectivity index (χ0v) is 13.3. The second-order valence-corrected chi connectivity index (χ2v) is 7.58. The molecule has 5 nitrogen and oxygen atoms in total. The van der Waals surface area contributed by atoms with Gasteiger partial charge >= 0.3 is 0 Å². The van der Waals surface area contributed by atoms with Crippen LogP contribution < -0.4 is 5.73 Å². The van der Waals surface area contributed by atoms with E-state index in [2.05, 4.69) is 30.9 Å². The van der Waals surface area contributed by atoms with Crippen molar-refractivity contribution in [3.63, 3.8) is 0 Å². The summed E-state index contributed by atoms with van der Waals surface area (Å²) in [4.78, 5) is 4.29. The molecule has 0 spiro atoms. The molecule has 2 rings (SSSR count). The first kappa shape index (κ1) is 15.4. The van der Waals surface area contributed by atoms with E-state index in [1.807, 2.05) is 13.8 Å². The molecule has 2 N–H and O–H groups in total. The van der Waals surface area contributed by atoms with Crippen molar-refractivity contribution in [3.05, 3.63) is 11.7 Å². The molecule has 0 radical (unpaired) electrons. The number of hydrogen-bond acceptors (Lipinski definition) is 5. The van der Waals surface area contributed by atoms with Gasteiger partial charge in [-0.15, -0.1) is 0 Å². The molecule has 0 amide bonds. The van der Waals surface area contributed by atoms with Crippen molar-refractivity contribution in [1.29, 1.82) is 0 Å². The van der Waals surface area contributed by atoms with E-state index in [4.69, 9.17) is 15.0 Å². The number of aromatic nitrogens is 2. The summed E-state index contributed by atoms with van der Waals surface area (Å²) in [5, 5.41) is 3.90. The largest absolute Gasteiger partial charge is 0.368 e. The van der Waals surface area contributed by atoms with Gasteiger partial charge in [0.1, 0.15) is 6.61 Å². The average Bonchev–Trinajstić information content (AvgIpc) is 2.71. The molecule has 1 aliphatic rings. The lowest BCUT2D eigenvalue weighted by Gasteiger charge is -2.38. The number of hydrogen-bond donors (Lipinski definition) is 1. The maximum atomic E-state index is 5.96. The SMILES string of the molecule is CC1CC(OCc2nc(C(C)(C)N)no2)CC(C)(C)C1. The first-order valence-electron chi connectivity index (χ1n) is 7.39. The van der Waals surface area contributed by atoms with Crippen LogP contribution in [0.1, 0.15) is 65.6 Å². The van der Waals surface area contributed by atoms with E-state index in [1.165, 1.54) is 6.42 Å². The molecule has 114 valence electrons. The van der Waals surface area contributed by atoms with E-state index in [-0.39, 0.29) is 6.10 Å². The van der Waals surface area contributed by atoms with Crippen LogP contribution in [0.15, 0.2) is 4.52 Å². The Balaban J connectivity index is 1.90. The molecule has 0 aromatic carbocycles. The summed E-state index contributed by atoms with van der Waals surface area (Å²) in [7, 11) is 0. The molecule has 2 atom stereocenters. The molecule has 1 aromatic heterocycles. The zero-order valence-electron chi connectivity index (χ0n) is 13.3. The zero-order chi connectivity index (χ0) is 15.0. The second kappa shape index (κ2) is 5.45. The van der Waals surface area contributed by atoms with E-state index in [9.17, 15) is 0 Å². The Hall–Kier alpha value is -0.940. The highest BCUT2D eigenvalue weighted by atomic mass is 16.5. The highest BCUT2D eigenvalue weighted by Crippen LogP contribution is 2.39. The summed E-state index contributed by atoms with van der Waals surface area (Å²) in [6.45, 7) is 11.0. The molecule has 1 fully saturated rings. The molecule has 0 saturated heterocycles. The minimum Gasteiger partial charge on any atom is -0.368 e. The minimum absolute atomic E-state index is 0.273. The first-order chi connectivity index (χ1) is 9.16. The number of nitrogens with zero attached hydrogens (tertiary/aromatic N) is 2. The van der Waals surface area contributed by atoms with Gasteiger partial charge in [0.25, 0.3) is 5.89 Å². The third-order valence-corrected chi connectivity index (χ3v) is 3.83. The van der Waals surface area contributed by atoms with Crippen LogP contribution in [0.3, 0.4) is 0 Å². The number of rotatable bonds is 4. The predicted octanol–water partition coefficient (Wildman–Crippen LogP) is 2.99. The maximum absolute atomic E-state index is 5.96. The molecule has 1 aromatic rings. The lowest BCUT2D eigenvalue weighted by atomic mass is 9.71. The Morgan fingerprint density at radius 3 is 2.65 bits per heavy atom. The lowest BCUT2D eigenvalue weighted by Crippen LogP contribution is -2.32. The fraction of sp³-hybridized carbons (Fsp3) is 0.867. The van der Waals surface area contributed by atoms with Gasteiger partial charge in [-0.1, -0.05) is 25.9 Å². The molecule has 20 heavy (non-hydrogen) atoms. The van der Waals surface area contributed by atoms with E-state index in [0.717, 1.165) is 12.8 Å². The van der Waals surface area contributed by atoms with E-state index >= 15 is 0 Å². The molecule has 0 aliphatic heterocycles. The minimum atomic E-state index is -0.580. The quantitative estimate of drug-likeness (QED) is 0.918. The highest BCUT2D eigenvalue weighted by molar-refractivity contribution is 4.98. The van der Waals surface area contributed by atoms with Crippen LogP contribution in [-0.2, 0) is 16.9 Å². The maximum Gasteiger partial charge on any atom is 0.252 e. The van der Waals surface area contributed by atoms with Crippen LogP contribution in [-0.4, -0.2) is 16.2 Å². The predicted molar refractivity (Wildman–Crippen MR) is 76.9 cm³/mol. The molecule has 1 saturated carbocycles. The van der Waals surface area contributed by atoms with Crippen molar-refractivity contribution in [2.45, 2.75) is 72.1 Å². The summed E-state index contributed by atoms with van der Waals surface area (Å²) in [6.07, 6.45) is 3.72. The van der Waals surface area contributed by atoms with Crippen LogP contribution in [0.4, 0.5) is 0 Å². The topological polar surface area (TPSA) is 74.2 Å². The smallest absolute Gasteiger partial charge is 0.252 e. The standard InChI is InChI=1S/C15H27N3O2/c1-10-6-11(8-14(2,3)7-10)19-9-12-17-13(18-20-12)15(4,5)16/h10-11H,6-9,16H2,1-5H3. The summed E-state index contributed by atoms with van der Waals surface area (Å²) in [5.74, 6) is 1.73. The van der Waals surface area contributed by atoms with Crippen LogP contribution >= 0.6 is 0 Å². The van der Waals surface area contributed by atoms with Gasteiger partial charge in [0, 0.05) is 0 Å². The van der Waals surface area contributed by atoms with Gasteiger partial charge < -0.3 is 15.0 Å². The third kappa shape index (κ3) is 4.03. The van der Waals surface area contributed by atoms with Crippen molar-refractivity contribution in [3.8, 4) is 0 Å². The van der Waals surface area contributed by atoms with Crippen molar-refractivity contribution in [2.24, 2.45) is 17.1 Å². The van der Waals surface area contributed by atoms with Gasteiger partial charge in [-0.25, -0.2) is 0 Å². The Morgan fingerprint density at radius 1 is 1.40 bits per heavy atom. The fourth-order valence-electron chi connectivity index (χ4n) is 3.15. The van der Waals surface area contributed by atoms with Gasteiger partial charge in [0.05, 0.1) is 11.6 Å². The Morgan fingerprint density at radius 2 is 2.10 bits per heavy atom. The van der Waals surface area contributed by atoms with Gasteiger partial charge in [-0.3, -0.25) is 0 Å². The molecule has 1 heterocycles. The van der Waals surface area contributed by atoms with E-state index in [1.54, 1.807) is 0 Å². The van der Waals surface area contributed by atoms with Crippen LogP contribution in [0.2, 0.25) is 0 Å². The molecule has 5 heteroatoms.